The van der Waals surface area contributed by atoms with Crippen LogP contribution in [0.5, 0.6) is 0 Å². The van der Waals surface area contributed by atoms with E-state index in [0.717, 1.165) is 10.5 Å². The Morgan fingerprint density at radius 3 is 2.37 bits per heavy atom. The van der Waals surface area contributed by atoms with Crippen molar-refractivity contribution in [1.29, 1.82) is 5.41 Å². The fraction of sp³-hybridized carbons (Fsp3) is 0.391. The smallest absolute Gasteiger partial charge is 0.477 e. The molecule has 2 amide bonds. The highest BCUT2D eigenvalue weighted by Crippen LogP contribution is 2.46. The van der Waals surface area contributed by atoms with Crippen molar-refractivity contribution in [3.63, 3.8) is 0 Å². The first-order chi connectivity index (χ1) is 20.1. The van der Waals surface area contributed by atoms with Crippen LogP contribution in [0.2, 0.25) is 0 Å². The Morgan fingerprint density at radius 1 is 1.14 bits per heavy atom. The Labute approximate surface area is 260 Å². The highest BCUT2D eigenvalue weighted by Gasteiger charge is 2.54. The molecule has 2 aliphatic heterocycles. The number of carboxylic acid groups (broad SMARTS) is 2. The number of aliphatic imine (C=N–C) groups is 1. The number of carbonyl (C=O) groups excluding carboxylic acids is 2. The van der Waals surface area contributed by atoms with Gasteiger partial charge in [0.25, 0.3) is 5.91 Å². The van der Waals surface area contributed by atoms with Gasteiger partial charge in [0.15, 0.2) is 5.96 Å². The van der Waals surface area contributed by atoms with Gasteiger partial charge in [-0.1, -0.05) is 30.0 Å². The molecule has 0 unspecified atom stereocenters. The number of aliphatic carboxylic acids is 2. The number of nitrogens with one attached hydrogen (secondary N) is 2. The fourth-order valence-electron chi connectivity index (χ4n) is 3.41. The average molecular weight is 684 g/mol. The first-order valence-electron chi connectivity index (χ1n) is 11.9. The van der Waals surface area contributed by atoms with E-state index in [0.29, 0.717) is 34.5 Å². The quantitative estimate of drug-likeness (QED) is 0.0672. The minimum atomic E-state index is -5.08. The van der Waals surface area contributed by atoms with Crippen molar-refractivity contribution in [2.24, 2.45) is 22.2 Å². The number of alkyl halides is 3. The number of fused-ring (bicyclic) bond motifs is 1. The number of amidine groups is 1. The van der Waals surface area contributed by atoms with Gasteiger partial charge in [-0.05, 0) is 11.6 Å². The van der Waals surface area contributed by atoms with Crippen LogP contribution in [0.1, 0.15) is 5.56 Å². The number of guanidine groups is 1. The molecular weight excluding hydrogens is 656 g/mol. The van der Waals surface area contributed by atoms with Gasteiger partial charge < -0.3 is 32.7 Å². The van der Waals surface area contributed by atoms with Crippen LogP contribution in [0.3, 0.4) is 0 Å². The van der Waals surface area contributed by atoms with Crippen molar-refractivity contribution in [1.82, 2.24) is 10.2 Å². The number of thioether (sulfide) groups is 4. The maximum absolute atomic E-state index is 12.9. The first kappa shape index (κ1) is 36.0. The zero-order chi connectivity index (χ0) is 32.3. The van der Waals surface area contributed by atoms with Gasteiger partial charge in [0.05, 0.1) is 18.1 Å². The van der Waals surface area contributed by atoms with E-state index in [-0.39, 0.29) is 29.2 Å². The maximum Gasteiger partial charge on any atom is 0.490 e. The summed E-state index contributed by atoms with van der Waals surface area (Å²) >= 11 is 5.59. The van der Waals surface area contributed by atoms with Gasteiger partial charge in [-0.2, -0.15) is 24.9 Å². The zero-order valence-corrected chi connectivity index (χ0v) is 25.4. The van der Waals surface area contributed by atoms with E-state index >= 15 is 0 Å². The average Bonchev–Trinajstić information content (AvgIpc) is 2.91. The number of hydrogen-bond acceptors (Lipinski definition) is 10. The minimum absolute atomic E-state index is 0.00953. The molecular formula is C23H28F3N7O6S4. The number of hydrogen-bond donors (Lipinski definition) is 7. The van der Waals surface area contributed by atoms with Crippen LogP contribution in [0.15, 0.2) is 44.8 Å². The number of nitrogens with zero attached hydrogens (tertiary/aromatic N) is 2. The van der Waals surface area contributed by atoms with Gasteiger partial charge in [-0.25, -0.2) is 9.59 Å². The van der Waals surface area contributed by atoms with Crippen molar-refractivity contribution in [2.45, 2.75) is 28.2 Å². The summed E-state index contributed by atoms with van der Waals surface area (Å²) in [5, 5.41) is 26.7. The van der Waals surface area contributed by atoms with Crippen molar-refractivity contribution in [3.8, 4) is 0 Å². The van der Waals surface area contributed by atoms with Crippen molar-refractivity contribution < 1.29 is 42.6 Å². The van der Waals surface area contributed by atoms with E-state index in [1.807, 2.05) is 24.3 Å². The molecule has 0 aromatic heterocycles. The first-order valence-corrected chi connectivity index (χ1v) is 16.1. The van der Waals surface area contributed by atoms with E-state index in [2.05, 4.69) is 10.3 Å². The monoisotopic (exact) mass is 683 g/mol. The largest absolute Gasteiger partial charge is 0.490 e. The number of rotatable bonds is 13. The van der Waals surface area contributed by atoms with Gasteiger partial charge >= 0.3 is 18.1 Å². The van der Waals surface area contributed by atoms with Crippen LogP contribution in [-0.2, 0) is 24.9 Å². The Hall–Kier alpha value is -3.23. The summed E-state index contributed by atoms with van der Waals surface area (Å²) in [5.41, 5.74) is 16.9. The third-order valence-electron chi connectivity index (χ3n) is 5.18. The number of amides is 2. The highest BCUT2D eigenvalue weighted by atomic mass is 32.2. The third-order valence-corrected chi connectivity index (χ3v) is 9.81. The molecule has 20 heteroatoms. The van der Waals surface area contributed by atoms with Crippen LogP contribution < -0.4 is 22.5 Å². The van der Waals surface area contributed by atoms with Gasteiger partial charge in [-0.3, -0.25) is 24.9 Å². The van der Waals surface area contributed by atoms with Gasteiger partial charge in [0.2, 0.25) is 5.91 Å². The Balaban J connectivity index is 0.000000821. The predicted octanol–water partition coefficient (Wildman–Crippen LogP) is 1.28. The summed E-state index contributed by atoms with van der Waals surface area (Å²) in [7, 11) is 0. The molecule has 2 heterocycles. The number of carbonyl (C=O) groups is 4. The zero-order valence-electron chi connectivity index (χ0n) is 22.1. The third kappa shape index (κ3) is 11.1. The summed E-state index contributed by atoms with van der Waals surface area (Å²) in [6.07, 6.45) is -5.08. The fourth-order valence-corrected chi connectivity index (χ4v) is 7.53. The second-order valence-corrected chi connectivity index (χ2v) is 12.8. The maximum atomic E-state index is 12.9. The van der Waals surface area contributed by atoms with E-state index in [1.165, 1.54) is 51.9 Å². The molecule has 1 aromatic rings. The lowest BCUT2D eigenvalue weighted by Crippen LogP contribution is -2.70. The molecule has 0 aliphatic carbocycles. The summed E-state index contributed by atoms with van der Waals surface area (Å²) in [6, 6.07) is 6.86. The van der Waals surface area contributed by atoms with Crippen molar-refractivity contribution >= 4 is 82.6 Å². The summed E-state index contributed by atoms with van der Waals surface area (Å²) in [6.45, 7) is 0.390. The van der Waals surface area contributed by atoms with E-state index < -0.39 is 35.4 Å². The van der Waals surface area contributed by atoms with Crippen molar-refractivity contribution in [3.05, 3.63) is 40.4 Å². The number of benzene rings is 1. The normalized spacial score (nSPS) is 17.6. The van der Waals surface area contributed by atoms with Crippen LogP contribution in [0.25, 0.3) is 0 Å². The molecule has 0 spiro atoms. The molecule has 0 radical (unpaired) electrons. The lowest BCUT2D eigenvalue weighted by atomic mass is 10.1. The summed E-state index contributed by atoms with van der Waals surface area (Å²) in [5.74, 6) is -2.48. The number of halogens is 3. The van der Waals surface area contributed by atoms with Crippen LogP contribution in [0, 0.1) is 5.41 Å². The van der Waals surface area contributed by atoms with Crippen LogP contribution >= 0.6 is 47.0 Å². The van der Waals surface area contributed by atoms with Crippen LogP contribution in [0.4, 0.5) is 13.2 Å². The highest BCUT2D eigenvalue weighted by molar-refractivity contribution is 8.06. The molecule has 1 fully saturated rings. The number of nitrogens with two attached hydrogens (primary N) is 3. The van der Waals surface area contributed by atoms with Crippen molar-refractivity contribution in [2.75, 3.05) is 29.6 Å². The molecule has 2 aliphatic rings. The standard InChI is InChI=1S/C21H27N7O4S4.C2HF3O2/c22-14(23)9-34-7-11-3-1-2-4-12(11)36-13-8-35-19-16(18(30)28(19)17(13)20(31)32)27-15(29)10-33-6-5-26-21(24)25;3-2(4,5)1(6)7/h1-4,16,19H,5-10H2,(H3,22,23)(H,27,29)(H,31,32)(H4,24,25,26);(H,6,7)/t16-,19-;/m1./s1. The Kier molecular flexibility index (Phi) is 13.9. The predicted molar refractivity (Wildman–Crippen MR) is 162 cm³/mol. The lowest BCUT2D eigenvalue weighted by Gasteiger charge is -2.49. The number of carboxylic acids is 2. The van der Waals surface area contributed by atoms with E-state index in [4.69, 9.17) is 32.5 Å². The SMILES string of the molecule is N=C(N)CSCc1ccccc1SC1=C(C(=O)O)N2C(=O)[C@@H](NC(=O)CSCCN=C(N)N)[C@H]2SC1.O=C(O)C(F)(F)F. The number of β-lactam (4-membered cyclic amide) rings is 1. The molecule has 1 aromatic carbocycles. The molecule has 236 valence electrons. The summed E-state index contributed by atoms with van der Waals surface area (Å²) in [4.78, 5) is 52.8. The van der Waals surface area contributed by atoms with E-state index in [1.54, 1.807) is 0 Å². The second-order valence-electron chi connectivity index (χ2n) is 8.42. The van der Waals surface area contributed by atoms with Crippen LogP contribution in [-0.4, -0.2) is 97.8 Å². The molecule has 1 saturated heterocycles. The van der Waals surface area contributed by atoms with Gasteiger partial charge in [0.1, 0.15) is 22.9 Å². The van der Waals surface area contributed by atoms with Gasteiger partial charge in [-0.15, -0.1) is 23.5 Å². The minimum Gasteiger partial charge on any atom is -0.477 e. The second kappa shape index (κ2) is 16.6. The Bertz CT molecular complexity index is 1290. The molecule has 13 nitrogen and oxygen atoms in total. The van der Waals surface area contributed by atoms with Gasteiger partial charge in [0, 0.05) is 27.1 Å². The Morgan fingerprint density at radius 2 is 1.79 bits per heavy atom. The molecule has 0 saturated carbocycles. The molecule has 0 bridgehead atoms. The topological polar surface area (TPSA) is 238 Å². The molecule has 43 heavy (non-hydrogen) atoms. The molecule has 2 atom stereocenters. The van der Waals surface area contributed by atoms with E-state index in [9.17, 15) is 32.7 Å². The molecule has 3 rings (SSSR count). The lowest BCUT2D eigenvalue weighted by molar-refractivity contribution is -0.192. The molecule has 10 N–H and O–H groups in total. The summed E-state index contributed by atoms with van der Waals surface area (Å²) < 4.78 is 31.7.